The van der Waals surface area contributed by atoms with E-state index in [2.05, 4.69) is 59.5 Å². The molecule has 6 nitrogen and oxygen atoms in total. The molecule has 0 atom stereocenters. The summed E-state index contributed by atoms with van der Waals surface area (Å²) < 4.78 is 0. The molecule has 4 rings (SSSR count). The fourth-order valence-corrected chi connectivity index (χ4v) is 4.18. The zero-order chi connectivity index (χ0) is 26.9. The summed E-state index contributed by atoms with van der Waals surface area (Å²) in [5.74, 6) is -1.39. The van der Waals surface area contributed by atoms with Gasteiger partial charge in [0.2, 0.25) is 0 Å². The summed E-state index contributed by atoms with van der Waals surface area (Å²) in [6.07, 6.45) is 2.28. The van der Waals surface area contributed by atoms with Crippen LogP contribution in [0.5, 0.6) is 0 Å². The highest BCUT2D eigenvalue weighted by atomic mass is 16.4. The van der Waals surface area contributed by atoms with Gasteiger partial charge in [-0.25, -0.2) is 4.79 Å². The Kier molecular flexibility index (Phi) is 7.95. The van der Waals surface area contributed by atoms with Crippen molar-refractivity contribution in [3.8, 4) is 18.2 Å². The third-order valence-electron chi connectivity index (χ3n) is 6.07. The van der Waals surface area contributed by atoms with E-state index in [1.54, 1.807) is 12.1 Å². The van der Waals surface area contributed by atoms with Crippen LogP contribution in [-0.2, 0) is 17.6 Å². The van der Waals surface area contributed by atoms with Crippen LogP contribution in [0.25, 0.3) is 6.08 Å². The molecular formula is C32H22N4O2. The Hall–Kier alpha value is -5.64. The van der Waals surface area contributed by atoms with E-state index in [4.69, 9.17) is 10.4 Å². The van der Waals surface area contributed by atoms with Gasteiger partial charge in [0.15, 0.2) is 0 Å². The quantitative estimate of drug-likeness (QED) is 0.216. The molecule has 0 aliphatic heterocycles. The Balaban J connectivity index is 1.58. The summed E-state index contributed by atoms with van der Waals surface area (Å²) in [6, 6.07) is 37.3. The van der Waals surface area contributed by atoms with Crippen molar-refractivity contribution in [3.63, 3.8) is 0 Å². The lowest BCUT2D eigenvalue weighted by atomic mass is 9.94. The Bertz CT molecular complexity index is 1570. The van der Waals surface area contributed by atoms with E-state index in [0.29, 0.717) is 24.0 Å². The van der Waals surface area contributed by atoms with Crippen LogP contribution in [-0.4, -0.2) is 11.1 Å². The van der Waals surface area contributed by atoms with Gasteiger partial charge < -0.3 is 10.0 Å². The monoisotopic (exact) mass is 494 g/mol. The molecule has 0 heterocycles. The van der Waals surface area contributed by atoms with E-state index in [1.165, 1.54) is 6.07 Å². The van der Waals surface area contributed by atoms with Crippen LogP contribution in [0, 0.1) is 34.0 Å². The van der Waals surface area contributed by atoms with Gasteiger partial charge in [-0.05, 0) is 84.1 Å². The van der Waals surface area contributed by atoms with Gasteiger partial charge in [-0.15, -0.1) is 0 Å². The lowest BCUT2D eigenvalue weighted by Gasteiger charge is -2.25. The second-order valence-corrected chi connectivity index (χ2v) is 8.47. The van der Waals surface area contributed by atoms with Crippen molar-refractivity contribution in [2.45, 2.75) is 12.8 Å². The molecular weight excluding hydrogens is 472 g/mol. The number of rotatable bonds is 8. The van der Waals surface area contributed by atoms with Crippen LogP contribution in [0.1, 0.15) is 27.8 Å². The second-order valence-electron chi connectivity index (χ2n) is 8.47. The van der Waals surface area contributed by atoms with Crippen LogP contribution < -0.4 is 4.90 Å². The number of aliphatic carboxylic acids is 1. The van der Waals surface area contributed by atoms with E-state index < -0.39 is 11.5 Å². The summed E-state index contributed by atoms with van der Waals surface area (Å²) in [5.41, 5.74) is 5.15. The van der Waals surface area contributed by atoms with Crippen molar-refractivity contribution in [2.24, 2.45) is 0 Å². The van der Waals surface area contributed by atoms with Crippen LogP contribution >= 0.6 is 0 Å². The number of hydrogen-bond donors (Lipinski definition) is 1. The fraction of sp³-hybridized carbons (Fsp3) is 0.0625. The van der Waals surface area contributed by atoms with Crippen molar-refractivity contribution < 1.29 is 9.90 Å². The zero-order valence-electron chi connectivity index (χ0n) is 20.4. The average Bonchev–Trinajstić information content (AvgIpc) is 2.96. The van der Waals surface area contributed by atoms with Gasteiger partial charge >= 0.3 is 5.97 Å². The molecule has 0 fully saturated rings. The number of carbonyl (C=O) groups is 1. The topological polar surface area (TPSA) is 112 Å². The number of nitrogens with zero attached hydrogens (tertiary/aromatic N) is 4. The Morgan fingerprint density at radius 2 is 1.29 bits per heavy atom. The predicted molar refractivity (Wildman–Crippen MR) is 146 cm³/mol. The molecule has 6 heteroatoms. The molecule has 0 aliphatic carbocycles. The van der Waals surface area contributed by atoms with Crippen molar-refractivity contribution in [3.05, 3.63) is 130 Å². The Morgan fingerprint density at radius 1 is 0.737 bits per heavy atom. The first-order valence-corrected chi connectivity index (χ1v) is 11.9. The highest BCUT2D eigenvalue weighted by molar-refractivity contribution is 5.97. The smallest absolute Gasteiger partial charge is 0.346 e. The number of nitriles is 3. The summed E-state index contributed by atoms with van der Waals surface area (Å²) in [5, 5.41) is 37.4. The van der Waals surface area contributed by atoms with Crippen LogP contribution in [0.3, 0.4) is 0 Å². The molecule has 0 unspecified atom stereocenters. The number of carboxylic acid groups (broad SMARTS) is 1. The normalized spacial score (nSPS) is 10.6. The zero-order valence-corrected chi connectivity index (χ0v) is 20.4. The van der Waals surface area contributed by atoms with Crippen molar-refractivity contribution in [1.29, 1.82) is 15.8 Å². The SMILES string of the molecule is N#C/C(=C\c1cc(C#N)c(CCc2ccc(N(c3ccccc3)c3ccccc3)cc2)cc1C#N)C(=O)O. The standard InChI is InChI=1S/C32H22N4O2/c33-20-26-18-25(19-28(22-35)32(37)38)27(21-34)17-24(26)14-11-23-12-15-31(16-13-23)36(29-7-3-1-4-8-29)30-9-5-2-6-10-30/h1-10,12-13,15-19H,11,14H2,(H,37,38)/b28-19+. The molecule has 38 heavy (non-hydrogen) atoms. The first-order valence-electron chi connectivity index (χ1n) is 11.9. The molecule has 0 saturated carbocycles. The molecule has 0 aromatic heterocycles. The summed E-state index contributed by atoms with van der Waals surface area (Å²) in [7, 11) is 0. The molecule has 4 aromatic carbocycles. The first-order chi connectivity index (χ1) is 18.5. The van der Waals surface area contributed by atoms with Crippen molar-refractivity contribution >= 4 is 29.1 Å². The molecule has 0 radical (unpaired) electrons. The van der Waals surface area contributed by atoms with Gasteiger partial charge in [-0.1, -0.05) is 48.5 Å². The minimum absolute atomic E-state index is 0.213. The maximum atomic E-state index is 11.2. The van der Waals surface area contributed by atoms with E-state index in [1.807, 2.05) is 42.5 Å². The first kappa shape index (κ1) is 25.5. The van der Waals surface area contributed by atoms with Gasteiger partial charge in [-0.2, -0.15) is 15.8 Å². The highest BCUT2D eigenvalue weighted by Gasteiger charge is 2.14. The molecule has 0 saturated heterocycles. The number of anilines is 3. The number of hydrogen-bond acceptors (Lipinski definition) is 5. The van der Waals surface area contributed by atoms with Crippen LogP contribution in [0.4, 0.5) is 17.1 Å². The minimum atomic E-state index is -1.39. The number of benzene rings is 4. The van der Waals surface area contributed by atoms with Gasteiger partial charge in [0.25, 0.3) is 0 Å². The third kappa shape index (κ3) is 5.77. The predicted octanol–water partition coefficient (Wildman–Crippen LogP) is 6.68. The maximum absolute atomic E-state index is 11.2. The molecule has 0 amide bonds. The van der Waals surface area contributed by atoms with Gasteiger partial charge in [0.05, 0.1) is 23.3 Å². The third-order valence-corrected chi connectivity index (χ3v) is 6.07. The van der Waals surface area contributed by atoms with Crippen LogP contribution in [0.2, 0.25) is 0 Å². The minimum Gasteiger partial charge on any atom is -0.477 e. The number of para-hydroxylation sites is 2. The molecule has 0 aliphatic rings. The molecule has 0 spiro atoms. The van der Waals surface area contributed by atoms with E-state index in [9.17, 15) is 15.3 Å². The lowest BCUT2D eigenvalue weighted by molar-refractivity contribution is -0.132. The fourth-order valence-electron chi connectivity index (χ4n) is 4.18. The van der Waals surface area contributed by atoms with Gasteiger partial charge in [0.1, 0.15) is 11.6 Å². The summed E-state index contributed by atoms with van der Waals surface area (Å²) in [6.45, 7) is 0. The number of carboxylic acids is 1. The summed E-state index contributed by atoms with van der Waals surface area (Å²) in [4.78, 5) is 13.4. The van der Waals surface area contributed by atoms with E-state index in [-0.39, 0.29) is 11.1 Å². The van der Waals surface area contributed by atoms with E-state index in [0.717, 1.165) is 28.7 Å². The van der Waals surface area contributed by atoms with E-state index >= 15 is 0 Å². The van der Waals surface area contributed by atoms with Crippen molar-refractivity contribution in [1.82, 2.24) is 0 Å². The number of aryl methyl sites for hydroxylation is 2. The maximum Gasteiger partial charge on any atom is 0.346 e. The molecule has 0 bridgehead atoms. The highest BCUT2D eigenvalue weighted by Crippen LogP contribution is 2.34. The average molecular weight is 495 g/mol. The lowest BCUT2D eigenvalue weighted by Crippen LogP contribution is -2.09. The van der Waals surface area contributed by atoms with Crippen molar-refractivity contribution in [2.75, 3.05) is 4.90 Å². The molecule has 4 aromatic rings. The molecule has 182 valence electrons. The van der Waals surface area contributed by atoms with Gasteiger partial charge in [0, 0.05) is 17.1 Å². The van der Waals surface area contributed by atoms with Gasteiger partial charge in [-0.3, -0.25) is 0 Å². The second kappa shape index (κ2) is 11.9. The molecule has 1 N–H and O–H groups in total. The Morgan fingerprint density at radius 3 is 1.79 bits per heavy atom. The largest absolute Gasteiger partial charge is 0.477 e. The Labute approximate surface area is 221 Å². The summed E-state index contributed by atoms with van der Waals surface area (Å²) >= 11 is 0. The van der Waals surface area contributed by atoms with Crippen LogP contribution in [0.15, 0.2) is 103 Å².